The van der Waals surface area contributed by atoms with Gasteiger partial charge in [0.15, 0.2) is 5.82 Å². The average Bonchev–Trinajstić information content (AvgIpc) is 3.31. The number of aromatic nitrogens is 4. The van der Waals surface area contributed by atoms with Crippen molar-refractivity contribution in [3.05, 3.63) is 66.7 Å². The van der Waals surface area contributed by atoms with Gasteiger partial charge in [0.2, 0.25) is 0 Å². The predicted molar refractivity (Wildman–Crippen MR) is 99.0 cm³/mol. The van der Waals surface area contributed by atoms with Crippen LogP contribution in [-0.4, -0.2) is 32.1 Å². The monoisotopic (exact) mass is 346 g/mol. The van der Waals surface area contributed by atoms with Gasteiger partial charge in [-0.3, -0.25) is 14.3 Å². The van der Waals surface area contributed by atoms with Gasteiger partial charge in [0.05, 0.1) is 36.6 Å². The van der Waals surface area contributed by atoms with Gasteiger partial charge in [0, 0.05) is 17.8 Å². The minimum absolute atomic E-state index is 0.227. The molecule has 0 saturated carbocycles. The summed E-state index contributed by atoms with van der Waals surface area (Å²) in [5.41, 5.74) is 3.55. The number of hydrogen-bond donors (Lipinski definition) is 1. The quantitative estimate of drug-likeness (QED) is 0.561. The van der Waals surface area contributed by atoms with Crippen LogP contribution in [0.25, 0.3) is 28.1 Å². The van der Waals surface area contributed by atoms with Crippen molar-refractivity contribution in [3.63, 3.8) is 0 Å². The average molecular weight is 346 g/mol. The zero-order chi connectivity index (χ0) is 17.9. The molecule has 0 unspecified atom stereocenters. The number of para-hydroxylation sites is 1. The maximum atomic E-state index is 11.9. The molecule has 0 aliphatic heterocycles. The molecule has 0 aliphatic rings. The van der Waals surface area contributed by atoms with Crippen molar-refractivity contribution >= 4 is 16.9 Å². The second-order valence-electron chi connectivity index (χ2n) is 5.87. The van der Waals surface area contributed by atoms with Crippen molar-refractivity contribution in [1.82, 2.24) is 19.5 Å². The molecule has 4 rings (SSSR count). The van der Waals surface area contributed by atoms with E-state index in [0.717, 1.165) is 27.9 Å². The van der Waals surface area contributed by atoms with Crippen LogP contribution in [0.3, 0.4) is 0 Å². The standard InChI is InChI=1S/C20H18N4O2/c1-2-26-20(25)10-14-13-24(18-8-4-3-6-15(14)18)19-12-21-11-17(23-19)16-7-5-9-22-16/h3-9,11-13,22H,2,10H2,1H3. The smallest absolute Gasteiger partial charge is 0.310 e. The van der Waals surface area contributed by atoms with Crippen LogP contribution in [0.4, 0.5) is 0 Å². The Kier molecular flexibility index (Phi) is 4.23. The summed E-state index contributed by atoms with van der Waals surface area (Å²) in [6.45, 7) is 2.18. The number of ether oxygens (including phenoxy) is 1. The van der Waals surface area contributed by atoms with E-state index in [1.54, 1.807) is 12.4 Å². The molecular formula is C20H18N4O2. The molecule has 0 aliphatic carbocycles. The van der Waals surface area contributed by atoms with Gasteiger partial charge < -0.3 is 9.72 Å². The number of carbonyl (C=O) groups excluding carboxylic acids is 1. The van der Waals surface area contributed by atoms with Crippen molar-refractivity contribution in [1.29, 1.82) is 0 Å². The van der Waals surface area contributed by atoms with Crippen LogP contribution in [0.15, 0.2) is 61.2 Å². The number of nitrogens with one attached hydrogen (secondary N) is 1. The fourth-order valence-corrected chi connectivity index (χ4v) is 3.04. The minimum atomic E-state index is -0.235. The topological polar surface area (TPSA) is 72.8 Å². The molecule has 1 N–H and O–H groups in total. The van der Waals surface area contributed by atoms with Crippen LogP contribution in [0.1, 0.15) is 12.5 Å². The Morgan fingerprint density at radius 1 is 1.19 bits per heavy atom. The van der Waals surface area contributed by atoms with Crippen molar-refractivity contribution in [3.8, 4) is 17.2 Å². The maximum Gasteiger partial charge on any atom is 0.310 e. The summed E-state index contributed by atoms with van der Waals surface area (Å²) < 4.78 is 7.06. The largest absolute Gasteiger partial charge is 0.466 e. The second-order valence-corrected chi connectivity index (χ2v) is 5.87. The molecule has 3 heterocycles. The van der Waals surface area contributed by atoms with Crippen LogP contribution in [0.5, 0.6) is 0 Å². The van der Waals surface area contributed by atoms with E-state index < -0.39 is 0 Å². The van der Waals surface area contributed by atoms with Crippen LogP contribution in [0, 0.1) is 0 Å². The lowest BCUT2D eigenvalue weighted by Gasteiger charge is -2.05. The molecule has 0 spiro atoms. The summed E-state index contributed by atoms with van der Waals surface area (Å²) >= 11 is 0. The molecule has 0 saturated heterocycles. The normalized spacial score (nSPS) is 11.0. The van der Waals surface area contributed by atoms with Crippen LogP contribution in [-0.2, 0) is 16.0 Å². The Bertz CT molecular complexity index is 1050. The Labute approximate surface area is 150 Å². The predicted octanol–water partition coefficient (Wildman–Crippen LogP) is 3.52. The SMILES string of the molecule is CCOC(=O)Cc1cn(-c2cncc(-c3ccc[nH]3)n2)c2ccccc12. The number of hydrogen-bond acceptors (Lipinski definition) is 4. The highest BCUT2D eigenvalue weighted by molar-refractivity contribution is 5.89. The lowest BCUT2D eigenvalue weighted by molar-refractivity contribution is -0.142. The summed E-state index contributed by atoms with van der Waals surface area (Å²) in [5.74, 6) is 0.463. The third-order valence-corrected chi connectivity index (χ3v) is 4.18. The van der Waals surface area contributed by atoms with E-state index in [9.17, 15) is 4.79 Å². The third-order valence-electron chi connectivity index (χ3n) is 4.18. The van der Waals surface area contributed by atoms with Crippen molar-refractivity contribution in [2.24, 2.45) is 0 Å². The van der Waals surface area contributed by atoms with Crippen molar-refractivity contribution in [2.45, 2.75) is 13.3 Å². The number of esters is 1. The Hall–Kier alpha value is -3.41. The Balaban J connectivity index is 1.80. The highest BCUT2D eigenvalue weighted by Crippen LogP contribution is 2.25. The molecule has 3 aromatic heterocycles. The zero-order valence-electron chi connectivity index (χ0n) is 14.3. The molecule has 0 bridgehead atoms. The maximum absolute atomic E-state index is 11.9. The van der Waals surface area contributed by atoms with Crippen LogP contribution in [0.2, 0.25) is 0 Å². The van der Waals surface area contributed by atoms with Crippen LogP contribution < -0.4 is 0 Å². The first kappa shape index (κ1) is 16.1. The lowest BCUT2D eigenvalue weighted by Crippen LogP contribution is -2.07. The molecule has 130 valence electrons. The Morgan fingerprint density at radius 2 is 2.08 bits per heavy atom. The zero-order valence-corrected chi connectivity index (χ0v) is 14.3. The lowest BCUT2D eigenvalue weighted by atomic mass is 10.1. The van der Waals surface area contributed by atoms with Crippen LogP contribution >= 0.6 is 0 Å². The molecule has 0 amide bonds. The van der Waals surface area contributed by atoms with E-state index in [0.29, 0.717) is 12.4 Å². The van der Waals surface area contributed by atoms with Crippen molar-refractivity contribution in [2.75, 3.05) is 6.61 Å². The van der Waals surface area contributed by atoms with Crippen molar-refractivity contribution < 1.29 is 9.53 Å². The number of benzene rings is 1. The third kappa shape index (κ3) is 2.97. The van der Waals surface area contributed by atoms with Gasteiger partial charge in [-0.05, 0) is 30.7 Å². The first-order valence-electron chi connectivity index (χ1n) is 8.47. The highest BCUT2D eigenvalue weighted by Gasteiger charge is 2.14. The van der Waals surface area contributed by atoms with E-state index in [2.05, 4.69) is 9.97 Å². The van der Waals surface area contributed by atoms with Gasteiger partial charge in [-0.15, -0.1) is 0 Å². The molecular weight excluding hydrogens is 328 g/mol. The van der Waals surface area contributed by atoms with Gasteiger partial charge in [0.1, 0.15) is 5.69 Å². The van der Waals surface area contributed by atoms with E-state index in [1.807, 2.05) is 60.3 Å². The summed E-state index contributed by atoms with van der Waals surface area (Å²) in [5, 5.41) is 1.01. The molecule has 0 radical (unpaired) electrons. The molecule has 4 aromatic rings. The van der Waals surface area contributed by atoms with Gasteiger partial charge in [0.25, 0.3) is 0 Å². The first-order valence-corrected chi connectivity index (χ1v) is 8.47. The number of aromatic amines is 1. The van der Waals surface area contributed by atoms with Gasteiger partial charge in [-0.25, -0.2) is 4.98 Å². The Morgan fingerprint density at radius 3 is 2.88 bits per heavy atom. The van der Waals surface area contributed by atoms with E-state index in [4.69, 9.17) is 9.72 Å². The van der Waals surface area contributed by atoms with Gasteiger partial charge in [-0.1, -0.05) is 18.2 Å². The van der Waals surface area contributed by atoms with Gasteiger partial charge >= 0.3 is 5.97 Å². The molecule has 0 atom stereocenters. The number of fused-ring (bicyclic) bond motifs is 1. The molecule has 6 heteroatoms. The summed E-state index contributed by atoms with van der Waals surface area (Å²) in [6, 6.07) is 11.8. The second kappa shape index (κ2) is 6.84. The fourth-order valence-electron chi connectivity index (χ4n) is 3.04. The number of carbonyl (C=O) groups is 1. The number of rotatable bonds is 5. The molecule has 6 nitrogen and oxygen atoms in total. The number of H-pyrrole nitrogens is 1. The minimum Gasteiger partial charge on any atom is -0.466 e. The highest BCUT2D eigenvalue weighted by atomic mass is 16.5. The van der Waals surface area contributed by atoms with E-state index >= 15 is 0 Å². The first-order chi connectivity index (χ1) is 12.8. The molecule has 0 fully saturated rings. The summed E-state index contributed by atoms with van der Waals surface area (Å²) in [7, 11) is 0. The number of nitrogens with zero attached hydrogens (tertiary/aromatic N) is 3. The fraction of sp³-hybridized carbons (Fsp3) is 0.150. The van der Waals surface area contributed by atoms with E-state index in [1.165, 1.54) is 0 Å². The molecule has 1 aromatic carbocycles. The summed E-state index contributed by atoms with van der Waals surface area (Å²) in [4.78, 5) is 24.1. The van der Waals surface area contributed by atoms with E-state index in [-0.39, 0.29) is 12.4 Å². The summed E-state index contributed by atoms with van der Waals surface area (Å²) in [6.07, 6.45) is 7.45. The van der Waals surface area contributed by atoms with Gasteiger partial charge in [-0.2, -0.15) is 0 Å². The molecule has 26 heavy (non-hydrogen) atoms.